The highest BCUT2D eigenvalue weighted by Crippen LogP contribution is 2.42. The number of hydrogen-bond donors (Lipinski definition) is 4. The molecule has 1 heterocycles. The Morgan fingerprint density at radius 3 is 2.14 bits per heavy atom. The molecule has 1 aliphatic carbocycles. The maximum atomic E-state index is 13.0. The lowest BCUT2D eigenvalue weighted by atomic mass is 9.90. The van der Waals surface area contributed by atoms with Gasteiger partial charge in [0.05, 0.1) is 21.8 Å². The average molecular weight is 706 g/mol. The zero-order valence-electron chi connectivity index (χ0n) is 27.3. The predicted octanol–water partition coefficient (Wildman–Crippen LogP) is 6.16. The van der Waals surface area contributed by atoms with Gasteiger partial charge in [0.15, 0.2) is 5.43 Å². The van der Waals surface area contributed by atoms with E-state index < -0.39 is 21.9 Å². The number of azo groups is 1. The number of phenolic OH excluding ortho intramolecular Hbond substituents is 1. The minimum absolute atomic E-state index is 0.000231. The van der Waals surface area contributed by atoms with Crippen LogP contribution in [0.25, 0.3) is 33.4 Å². The van der Waals surface area contributed by atoms with E-state index >= 15 is 0 Å². The molecular formula is C37H31N5O8S. The zero-order valence-corrected chi connectivity index (χ0v) is 28.1. The normalized spacial score (nSPS) is 11.6. The van der Waals surface area contributed by atoms with Gasteiger partial charge in [-0.3, -0.25) is 9.59 Å². The molecule has 1 amide bonds. The smallest absolute Gasteiger partial charge is 0.336 e. The van der Waals surface area contributed by atoms with Crippen LogP contribution in [0.5, 0.6) is 5.75 Å². The summed E-state index contributed by atoms with van der Waals surface area (Å²) >= 11 is 0. The van der Waals surface area contributed by atoms with Gasteiger partial charge in [-0.2, -0.15) is 10.2 Å². The highest BCUT2D eigenvalue weighted by molar-refractivity contribution is 7.89. The minimum atomic E-state index is -3.91. The van der Waals surface area contributed by atoms with Crippen molar-refractivity contribution >= 4 is 49.9 Å². The molecule has 0 unspecified atom stereocenters. The zero-order chi connectivity index (χ0) is 36.3. The van der Waals surface area contributed by atoms with Gasteiger partial charge in [0, 0.05) is 67.1 Å². The number of amides is 1. The lowest BCUT2D eigenvalue weighted by Crippen LogP contribution is -2.34. The summed E-state index contributed by atoms with van der Waals surface area (Å²) < 4.78 is 34.0. The minimum Gasteiger partial charge on any atom is -0.508 e. The summed E-state index contributed by atoms with van der Waals surface area (Å²) in [5.74, 6) is -1.81. The molecule has 13 nitrogen and oxygen atoms in total. The molecule has 6 rings (SSSR count). The number of fused-ring (bicyclic) bond motifs is 2. The first-order chi connectivity index (χ1) is 24.4. The van der Waals surface area contributed by atoms with Crippen LogP contribution in [-0.4, -0.2) is 57.7 Å². The number of phenols is 1. The molecular weight excluding hydrogens is 675 g/mol. The molecule has 4 aromatic carbocycles. The Morgan fingerprint density at radius 1 is 0.804 bits per heavy atom. The van der Waals surface area contributed by atoms with Crippen LogP contribution in [-0.2, 0) is 10.0 Å². The van der Waals surface area contributed by atoms with E-state index in [4.69, 9.17) is 4.42 Å². The molecule has 2 aliphatic rings. The third kappa shape index (κ3) is 7.61. The van der Waals surface area contributed by atoms with Gasteiger partial charge in [-0.15, -0.1) is 0 Å². The molecule has 0 aromatic heterocycles. The summed E-state index contributed by atoms with van der Waals surface area (Å²) in [6.45, 7) is -0.222. The average Bonchev–Trinajstić information content (AvgIpc) is 3.11. The number of nitrogens with zero attached hydrogens (tertiary/aromatic N) is 3. The topological polar surface area (TPSA) is 191 Å². The summed E-state index contributed by atoms with van der Waals surface area (Å²) in [6, 6.07) is 26.0. The third-order valence-corrected chi connectivity index (χ3v) is 9.43. The van der Waals surface area contributed by atoms with Crippen LogP contribution in [0.2, 0.25) is 0 Å². The van der Waals surface area contributed by atoms with Crippen LogP contribution in [0.15, 0.2) is 127 Å². The molecule has 258 valence electrons. The number of nitrogens with one attached hydrogen (secondary N) is 2. The number of anilines is 1. The Bertz CT molecular complexity index is 2440. The number of carboxylic acids is 1. The van der Waals surface area contributed by atoms with Crippen LogP contribution < -0.4 is 20.4 Å². The Morgan fingerprint density at radius 2 is 1.47 bits per heavy atom. The Labute approximate surface area is 291 Å². The van der Waals surface area contributed by atoms with E-state index in [-0.39, 0.29) is 57.2 Å². The van der Waals surface area contributed by atoms with E-state index in [1.165, 1.54) is 72.8 Å². The standard InChI is InChI=1S/C37H31N5O8S/c1-42(2)25-8-4-23(5-9-25)40-41-24-6-12-28(13-7-24)51(48,49)39-18-17-38-36(45)22-3-14-29(32(19-22)37(46)47)35-30-15-10-26(43)20-33(30)50-34-21-27(44)11-16-31(34)35/h3-16,19-21,39,43H,17-18H2,1-2H3,(H,38,45)(H,46,47). The largest absolute Gasteiger partial charge is 0.508 e. The Hall–Kier alpha value is -6.38. The first-order valence-corrected chi connectivity index (χ1v) is 17.0. The van der Waals surface area contributed by atoms with E-state index in [9.17, 15) is 33.0 Å². The van der Waals surface area contributed by atoms with Crippen molar-refractivity contribution in [3.05, 3.63) is 124 Å². The predicted molar refractivity (Wildman–Crippen MR) is 192 cm³/mol. The number of carbonyl (C=O) groups excluding carboxylic acids is 1. The van der Waals surface area contributed by atoms with Gasteiger partial charge >= 0.3 is 5.97 Å². The van der Waals surface area contributed by atoms with Crippen molar-refractivity contribution in [2.24, 2.45) is 10.2 Å². The van der Waals surface area contributed by atoms with Crippen molar-refractivity contribution < 1.29 is 32.6 Å². The first kappa shape index (κ1) is 34.5. The number of rotatable bonds is 11. The monoisotopic (exact) mass is 705 g/mol. The number of aromatic hydroxyl groups is 1. The fourth-order valence-corrected chi connectivity index (χ4v) is 6.43. The summed E-state index contributed by atoms with van der Waals surface area (Å²) in [5, 5.41) is 31.6. The van der Waals surface area contributed by atoms with Gasteiger partial charge in [0.2, 0.25) is 10.0 Å². The molecule has 4 aromatic rings. The van der Waals surface area contributed by atoms with Crippen molar-refractivity contribution in [1.82, 2.24) is 10.0 Å². The summed E-state index contributed by atoms with van der Waals surface area (Å²) in [5.41, 5.74) is 3.04. The fraction of sp³-hybridized carbons (Fsp3) is 0.108. The molecule has 0 radical (unpaired) electrons. The van der Waals surface area contributed by atoms with E-state index in [0.717, 1.165) is 5.69 Å². The highest BCUT2D eigenvalue weighted by Gasteiger charge is 2.23. The second-order valence-electron chi connectivity index (χ2n) is 11.6. The van der Waals surface area contributed by atoms with Crippen LogP contribution in [0.4, 0.5) is 17.1 Å². The van der Waals surface area contributed by atoms with Crippen LogP contribution in [0, 0.1) is 0 Å². The van der Waals surface area contributed by atoms with Gasteiger partial charge in [-0.1, -0.05) is 6.07 Å². The molecule has 14 heteroatoms. The van der Waals surface area contributed by atoms with Crippen molar-refractivity contribution in [1.29, 1.82) is 0 Å². The number of sulfonamides is 1. The Balaban J connectivity index is 1.13. The number of carbonyl (C=O) groups is 2. The molecule has 0 saturated heterocycles. The van der Waals surface area contributed by atoms with Gasteiger partial charge in [-0.25, -0.2) is 17.9 Å². The van der Waals surface area contributed by atoms with Crippen LogP contribution in [0.1, 0.15) is 20.7 Å². The van der Waals surface area contributed by atoms with Crippen molar-refractivity contribution in [2.45, 2.75) is 4.90 Å². The quantitative estimate of drug-likeness (QED) is 0.0695. The molecule has 0 atom stereocenters. The van der Waals surface area contributed by atoms with Crippen LogP contribution in [0.3, 0.4) is 0 Å². The number of carboxylic acid groups (broad SMARTS) is 1. The Kier molecular flexibility index (Phi) is 9.62. The molecule has 0 saturated carbocycles. The maximum absolute atomic E-state index is 13.0. The van der Waals surface area contributed by atoms with Crippen LogP contribution >= 0.6 is 0 Å². The number of hydrogen-bond acceptors (Lipinski definition) is 10. The second-order valence-corrected chi connectivity index (χ2v) is 13.4. The molecule has 4 N–H and O–H groups in total. The highest BCUT2D eigenvalue weighted by atomic mass is 32.2. The molecule has 1 aliphatic heterocycles. The maximum Gasteiger partial charge on any atom is 0.336 e. The van der Waals surface area contributed by atoms with E-state index in [1.54, 1.807) is 6.07 Å². The molecule has 51 heavy (non-hydrogen) atoms. The third-order valence-electron chi connectivity index (χ3n) is 7.96. The van der Waals surface area contributed by atoms with E-state index in [1.807, 2.05) is 43.3 Å². The molecule has 0 fully saturated rings. The first-order valence-electron chi connectivity index (χ1n) is 15.5. The SMILES string of the molecule is CN(C)c1ccc(N=Nc2ccc(S(=O)(=O)NCCNC(=O)c3ccc(-c4c5ccc(=O)cc-5oc5cc(O)ccc45)c(C(=O)O)c3)cc2)cc1. The fourth-order valence-electron chi connectivity index (χ4n) is 5.40. The molecule has 0 bridgehead atoms. The van der Waals surface area contributed by atoms with Crippen molar-refractivity contribution in [2.75, 3.05) is 32.1 Å². The summed E-state index contributed by atoms with van der Waals surface area (Å²) in [4.78, 5) is 39.5. The number of benzene rings is 5. The van der Waals surface area contributed by atoms with Gasteiger partial charge < -0.3 is 24.8 Å². The summed E-state index contributed by atoms with van der Waals surface area (Å²) in [6.07, 6.45) is 0. The summed E-state index contributed by atoms with van der Waals surface area (Å²) in [7, 11) is -0.0436. The lowest BCUT2D eigenvalue weighted by Gasteiger charge is -2.17. The molecule has 0 spiro atoms. The van der Waals surface area contributed by atoms with E-state index in [0.29, 0.717) is 27.9 Å². The van der Waals surface area contributed by atoms with Gasteiger partial charge in [0.1, 0.15) is 17.1 Å². The van der Waals surface area contributed by atoms with Crippen molar-refractivity contribution in [3.63, 3.8) is 0 Å². The lowest BCUT2D eigenvalue weighted by molar-refractivity contribution is 0.0697. The second kappa shape index (κ2) is 14.2. The van der Waals surface area contributed by atoms with E-state index in [2.05, 4.69) is 20.3 Å². The van der Waals surface area contributed by atoms with Gasteiger partial charge in [0.25, 0.3) is 5.91 Å². The van der Waals surface area contributed by atoms with Crippen molar-refractivity contribution in [3.8, 4) is 28.2 Å². The van der Waals surface area contributed by atoms with Gasteiger partial charge in [-0.05, 0) is 90.5 Å². The number of aromatic carboxylic acids is 1.